The molecule has 5 nitrogen and oxygen atoms in total. The third-order valence-corrected chi connectivity index (χ3v) is 4.77. The van der Waals surface area contributed by atoms with Crippen LogP contribution in [0.15, 0.2) is 72.3 Å². The van der Waals surface area contributed by atoms with Gasteiger partial charge in [-0.15, -0.1) is 0 Å². The fraction of sp³-hybridized carbons (Fsp3) is 0.154. The predicted molar refractivity (Wildman–Crippen MR) is 122 cm³/mol. The van der Waals surface area contributed by atoms with Gasteiger partial charge in [-0.2, -0.15) is 5.26 Å². The van der Waals surface area contributed by atoms with E-state index in [0.29, 0.717) is 28.3 Å². The van der Waals surface area contributed by atoms with Crippen LogP contribution in [0.3, 0.4) is 0 Å². The largest absolute Gasteiger partial charge is 0.493 e. The average molecular weight is 430 g/mol. The molecule has 3 rings (SSSR count). The summed E-state index contributed by atoms with van der Waals surface area (Å²) in [5.41, 5.74) is 3.03. The first-order chi connectivity index (χ1) is 15.5. The van der Waals surface area contributed by atoms with Crippen molar-refractivity contribution in [3.63, 3.8) is 0 Å². The van der Waals surface area contributed by atoms with Crippen LogP contribution >= 0.6 is 0 Å². The zero-order valence-electron chi connectivity index (χ0n) is 17.9. The van der Waals surface area contributed by atoms with E-state index < -0.39 is 5.91 Å². The lowest BCUT2D eigenvalue weighted by Gasteiger charge is -2.12. The van der Waals surface area contributed by atoms with Crippen LogP contribution in [0.4, 0.5) is 10.1 Å². The van der Waals surface area contributed by atoms with Gasteiger partial charge in [0.2, 0.25) is 0 Å². The fourth-order valence-corrected chi connectivity index (χ4v) is 3.02. The monoisotopic (exact) mass is 430 g/mol. The van der Waals surface area contributed by atoms with Gasteiger partial charge in [0.15, 0.2) is 11.5 Å². The molecule has 0 fully saturated rings. The number of nitriles is 1. The molecule has 0 saturated carbocycles. The van der Waals surface area contributed by atoms with Gasteiger partial charge in [0, 0.05) is 5.69 Å². The van der Waals surface area contributed by atoms with Gasteiger partial charge in [-0.1, -0.05) is 37.3 Å². The zero-order valence-corrected chi connectivity index (χ0v) is 17.9. The second-order valence-corrected chi connectivity index (χ2v) is 7.00. The lowest BCUT2D eigenvalue weighted by atomic mass is 10.1. The standard InChI is InChI=1S/C26H23FN2O3/c1-3-18-7-10-23(11-8-18)29-26(30)21(16-28)13-19-9-12-24(25(15-19)31-2)32-17-20-5-4-6-22(27)14-20/h4-15H,3,17H2,1-2H3,(H,29,30)/b21-13+. The number of anilines is 1. The summed E-state index contributed by atoms with van der Waals surface area (Å²) in [7, 11) is 1.50. The number of rotatable bonds is 8. The summed E-state index contributed by atoms with van der Waals surface area (Å²) in [6.45, 7) is 2.22. The molecule has 0 atom stereocenters. The molecule has 0 saturated heterocycles. The van der Waals surface area contributed by atoms with Crippen LogP contribution in [0, 0.1) is 17.1 Å². The summed E-state index contributed by atoms with van der Waals surface area (Å²) < 4.78 is 24.5. The Hall–Kier alpha value is -4.11. The molecule has 0 radical (unpaired) electrons. The van der Waals surface area contributed by atoms with Crippen molar-refractivity contribution in [2.45, 2.75) is 20.0 Å². The summed E-state index contributed by atoms with van der Waals surface area (Å²) in [5.74, 6) is 0.0696. The molecule has 3 aromatic carbocycles. The third-order valence-electron chi connectivity index (χ3n) is 4.77. The van der Waals surface area contributed by atoms with Crippen LogP contribution in [0.2, 0.25) is 0 Å². The second kappa shape index (κ2) is 10.8. The Bertz CT molecular complexity index is 1160. The smallest absolute Gasteiger partial charge is 0.266 e. The maximum Gasteiger partial charge on any atom is 0.266 e. The van der Waals surface area contributed by atoms with E-state index in [1.165, 1.54) is 25.3 Å². The highest BCUT2D eigenvalue weighted by molar-refractivity contribution is 6.09. The first-order valence-electron chi connectivity index (χ1n) is 10.1. The van der Waals surface area contributed by atoms with E-state index in [1.807, 2.05) is 18.2 Å². The summed E-state index contributed by atoms with van der Waals surface area (Å²) in [4.78, 5) is 12.5. The van der Waals surface area contributed by atoms with Gasteiger partial charge in [-0.3, -0.25) is 4.79 Å². The minimum atomic E-state index is -0.498. The Morgan fingerprint density at radius 1 is 1.06 bits per heavy atom. The number of nitrogens with one attached hydrogen (secondary N) is 1. The summed E-state index contributed by atoms with van der Waals surface area (Å²) >= 11 is 0. The van der Waals surface area contributed by atoms with Gasteiger partial charge >= 0.3 is 0 Å². The van der Waals surface area contributed by atoms with Crippen molar-refractivity contribution < 1.29 is 18.7 Å². The van der Waals surface area contributed by atoms with Crippen molar-refractivity contribution in [2.24, 2.45) is 0 Å². The molecule has 1 amide bonds. The van der Waals surface area contributed by atoms with Crippen LogP contribution < -0.4 is 14.8 Å². The van der Waals surface area contributed by atoms with Crippen LogP contribution in [0.25, 0.3) is 6.08 Å². The molecule has 0 aliphatic rings. The van der Waals surface area contributed by atoms with Crippen molar-refractivity contribution in [1.29, 1.82) is 5.26 Å². The van der Waals surface area contributed by atoms with Gasteiger partial charge in [-0.05, 0) is 65.6 Å². The Kier molecular flexibility index (Phi) is 7.60. The lowest BCUT2D eigenvalue weighted by molar-refractivity contribution is -0.112. The minimum Gasteiger partial charge on any atom is -0.493 e. The molecule has 1 N–H and O–H groups in total. The molecule has 0 aliphatic carbocycles. The van der Waals surface area contributed by atoms with Crippen molar-refractivity contribution in [1.82, 2.24) is 0 Å². The number of halogens is 1. The van der Waals surface area contributed by atoms with Gasteiger partial charge < -0.3 is 14.8 Å². The highest BCUT2D eigenvalue weighted by Crippen LogP contribution is 2.30. The van der Waals surface area contributed by atoms with Gasteiger partial charge in [0.25, 0.3) is 5.91 Å². The summed E-state index contributed by atoms with van der Waals surface area (Å²) in [6, 6.07) is 20.6. The predicted octanol–water partition coefficient (Wildman–Crippen LogP) is 5.52. The molecular weight excluding hydrogens is 407 g/mol. The quantitative estimate of drug-likeness (QED) is 0.377. The van der Waals surface area contributed by atoms with E-state index >= 15 is 0 Å². The summed E-state index contributed by atoms with van der Waals surface area (Å²) in [5, 5.41) is 12.2. The van der Waals surface area contributed by atoms with Crippen LogP contribution in [-0.2, 0) is 17.8 Å². The Morgan fingerprint density at radius 2 is 1.84 bits per heavy atom. The number of aryl methyl sites for hydroxylation is 1. The minimum absolute atomic E-state index is 0.0416. The molecule has 0 aliphatic heterocycles. The molecule has 0 bridgehead atoms. The Labute approximate surface area is 186 Å². The molecule has 0 aromatic heterocycles. The molecule has 32 heavy (non-hydrogen) atoms. The van der Waals surface area contributed by atoms with E-state index in [-0.39, 0.29) is 18.0 Å². The number of nitrogens with zero attached hydrogens (tertiary/aromatic N) is 1. The van der Waals surface area contributed by atoms with Crippen molar-refractivity contribution >= 4 is 17.7 Å². The number of benzene rings is 3. The number of hydrogen-bond acceptors (Lipinski definition) is 4. The first-order valence-corrected chi connectivity index (χ1v) is 10.1. The molecule has 162 valence electrons. The normalized spacial score (nSPS) is 10.9. The highest BCUT2D eigenvalue weighted by atomic mass is 19.1. The Morgan fingerprint density at radius 3 is 2.50 bits per heavy atom. The fourth-order valence-electron chi connectivity index (χ4n) is 3.02. The second-order valence-electron chi connectivity index (χ2n) is 7.00. The highest BCUT2D eigenvalue weighted by Gasteiger charge is 2.11. The maximum absolute atomic E-state index is 13.3. The van der Waals surface area contributed by atoms with E-state index in [2.05, 4.69) is 12.2 Å². The maximum atomic E-state index is 13.3. The Balaban J connectivity index is 1.73. The van der Waals surface area contributed by atoms with Gasteiger partial charge in [0.1, 0.15) is 24.1 Å². The van der Waals surface area contributed by atoms with E-state index in [0.717, 1.165) is 12.0 Å². The van der Waals surface area contributed by atoms with Crippen molar-refractivity contribution in [2.75, 3.05) is 12.4 Å². The van der Waals surface area contributed by atoms with E-state index in [1.54, 1.807) is 42.5 Å². The van der Waals surface area contributed by atoms with Gasteiger partial charge in [-0.25, -0.2) is 4.39 Å². The SMILES string of the molecule is CCc1ccc(NC(=O)/C(C#N)=C/c2ccc(OCc3cccc(F)c3)c(OC)c2)cc1. The topological polar surface area (TPSA) is 71.4 Å². The van der Waals surface area contributed by atoms with Crippen molar-refractivity contribution in [3.05, 3.63) is 94.8 Å². The zero-order chi connectivity index (χ0) is 22.9. The molecule has 0 spiro atoms. The van der Waals surface area contributed by atoms with E-state index in [9.17, 15) is 14.4 Å². The molecule has 0 unspecified atom stereocenters. The molecule has 6 heteroatoms. The number of hydrogen-bond donors (Lipinski definition) is 1. The number of amides is 1. The first kappa shape index (κ1) is 22.6. The van der Waals surface area contributed by atoms with Crippen LogP contribution in [0.5, 0.6) is 11.5 Å². The molecule has 0 heterocycles. The van der Waals surface area contributed by atoms with Crippen LogP contribution in [-0.4, -0.2) is 13.0 Å². The van der Waals surface area contributed by atoms with Gasteiger partial charge in [0.05, 0.1) is 7.11 Å². The number of carbonyl (C=O) groups excluding carboxylic acids is 1. The molecule has 3 aromatic rings. The average Bonchev–Trinajstić information content (AvgIpc) is 2.82. The van der Waals surface area contributed by atoms with Crippen molar-refractivity contribution in [3.8, 4) is 17.6 Å². The number of methoxy groups -OCH3 is 1. The third kappa shape index (κ3) is 5.96. The van der Waals surface area contributed by atoms with E-state index in [4.69, 9.17) is 9.47 Å². The molecular formula is C26H23FN2O3. The van der Waals surface area contributed by atoms with Crippen LogP contribution in [0.1, 0.15) is 23.6 Å². The number of ether oxygens (including phenoxy) is 2. The summed E-state index contributed by atoms with van der Waals surface area (Å²) in [6.07, 6.45) is 2.38. The lowest BCUT2D eigenvalue weighted by Crippen LogP contribution is -2.13. The number of carbonyl (C=O) groups is 1.